The minimum absolute atomic E-state index is 0.175. The molecule has 0 radical (unpaired) electrons. The molecule has 3 rings (SSSR count). The third-order valence-corrected chi connectivity index (χ3v) is 3.82. The number of hydrogen-bond acceptors (Lipinski definition) is 6. The third kappa shape index (κ3) is 3.89. The summed E-state index contributed by atoms with van der Waals surface area (Å²) in [6.45, 7) is 0. The Morgan fingerprint density at radius 2 is 1.85 bits per heavy atom. The highest BCUT2D eigenvalue weighted by molar-refractivity contribution is 6.32. The molecule has 3 aromatic rings. The van der Waals surface area contributed by atoms with Gasteiger partial charge >= 0.3 is 6.03 Å². The molecule has 11 heteroatoms. The average Bonchev–Trinajstić information content (AvgIpc) is 2.92. The summed E-state index contributed by atoms with van der Waals surface area (Å²) in [5, 5.41) is 3.84. The number of amides is 2. The molecule has 26 heavy (non-hydrogen) atoms. The monoisotopic (exact) mass is 394 g/mol. The van der Waals surface area contributed by atoms with E-state index in [9.17, 15) is 4.79 Å². The Morgan fingerprint density at radius 3 is 2.50 bits per heavy atom. The van der Waals surface area contributed by atoms with Crippen LogP contribution >= 0.6 is 23.2 Å². The molecular formula is C15H16Cl2N8O. The van der Waals surface area contributed by atoms with Gasteiger partial charge in [0.25, 0.3) is 0 Å². The largest absolute Gasteiger partial charge is 0.362 e. The fraction of sp³-hybridized carbons (Fsp3) is 0.200. The fourth-order valence-corrected chi connectivity index (χ4v) is 2.79. The van der Waals surface area contributed by atoms with E-state index >= 15 is 0 Å². The highest BCUT2D eigenvalue weighted by Crippen LogP contribution is 2.24. The quantitative estimate of drug-likeness (QED) is 0.464. The van der Waals surface area contributed by atoms with Crippen molar-refractivity contribution in [2.45, 2.75) is 0 Å². The lowest BCUT2D eigenvalue weighted by atomic mass is 10.3. The van der Waals surface area contributed by atoms with Gasteiger partial charge in [-0.1, -0.05) is 23.2 Å². The number of carbonyl (C=O) groups is 1. The van der Waals surface area contributed by atoms with Gasteiger partial charge in [-0.15, -0.1) is 0 Å². The number of hydrogen-bond donors (Lipinski definition) is 3. The highest BCUT2D eigenvalue weighted by Gasteiger charge is 2.12. The third-order valence-electron chi connectivity index (χ3n) is 3.44. The van der Waals surface area contributed by atoms with Crippen molar-refractivity contribution in [1.29, 1.82) is 0 Å². The number of aromatic nitrogens is 4. The first kappa shape index (κ1) is 18.0. The summed E-state index contributed by atoms with van der Waals surface area (Å²) in [6, 6.07) is 4.35. The molecule has 0 atom stereocenters. The van der Waals surface area contributed by atoms with E-state index < -0.39 is 6.03 Å². The molecule has 0 aliphatic rings. The molecule has 9 nitrogen and oxygen atoms in total. The zero-order valence-electron chi connectivity index (χ0n) is 14.2. The van der Waals surface area contributed by atoms with Crippen LogP contribution in [0.3, 0.4) is 0 Å². The SMILES string of the molecule is CN(C)c1nc(NNC(=O)Nc2cc(Cl)nc(Cl)c2)nc2c1ccn2C. The number of hydrazine groups is 1. The van der Waals surface area contributed by atoms with Crippen LogP contribution in [0, 0.1) is 0 Å². The van der Waals surface area contributed by atoms with Crippen LogP contribution in [-0.4, -0.2) is 39.6 Å². The van der Waals surface area contributed by atoms with Crippen LogP contribution in [-0.2, 0) is 7.05 Å². The van der Waals surface area contributed by atoms with Crippen molar-refractivity contribution in [3.8, 4) is 0 Å². The van der Waals surface area contributed by atoms with Gasteiger partial charge in [0.05, 0.1) is 5.39 Å². The molecule has 0 unspecified atom stereocenters. The lowest BCUT2D eigenvalue weighted by Crippen LogP contribution is -2.34. The van der Waals surface area contributed by atoms with E-state index in [0.29, 0.717) is 5.69 Å². The standard InChI is InChI=1S/C15H16Cl2N8O/c1-24(2)12-9-4-5-25(3)13(9)21-14(20-12)22-23-15(26)18-8-6-10(16)19-11(17)7-8/h4-7H,1-3H3,(H,20,21,22)(H2,18,19,23,26). The maximum absolute atomic E-state index is 12.0. The first-order chi connectivity index (χ1) is 12.3. The van der Waals surface area contributed by atoms with Crippen molar-refractivity contribution in [3.63, 3.8) is 0 Å². The molecule has 3 aromatic heterocycles. The predicted molar refractivity (Wildman–Crippen MR) is 103 cm³/mol. The zero-order chi connectivity index (χ0) is 18.8. The van der Waals surface area contributed by atoms with Crippen molar-refractivity contribution in [2.75, 3.05) is 29.7 Å². The number of anilines is 3. The van der Waals surface area contributed by atoms with Gasteiger partial charge < -0.3 is 14.8 Å². The van der Waals surface area contributed by atoms with Crippen LogP contribution in [0.2, 0.25) is 10.3 Å². The molecule has 0 aromatic carbocycles. The number of nitrogens with one attached hydrogen (secondary N) is 3. The second kappa shape index (κ2) is 7.22. The summed E-state index contributed by atoms with van der Waals surface area (Å²) in [6.07, 6.45) is 1.90. The number of halogens is 2. The lowest BCUT2D eigenvalue weighted by molar-refractivity contribution is 0.253. The van der Waals surface area contributed by atoms with Crippen LogP contribution in [0.1, 0.15) is 0 Å². The van der Waals surface area contributed by atoms with Crippen LogP contribution < -0.4 is 21.1 Å². The Bertz CT molecular complexity index is 951. The summed E-state index contributed by atoms with van der Waals surface area (Å²) in [5.41, 5.74) is 6.30. The van der Waals surface area contributed by atoms with Crippen LogP contribution in [0.25, 0.3) is 11.0 Å². The molecule has 0 saturated heterocycles. The molecule has 0 aliphatic heterocycles. The van der Waals surface area contributed by atoms with Crippen molar-refractivity contribution in [3.05, 3.63) is 34.7 Å². The van der Waals surface area contributed by atoms with Gasteiger partial charge in [-0.05, 0) is 18.2 Å². The molecule has 0 bridgehead atoms. The Balaban J connectivity index is 1.74. The second-order valence-electron chi connectivity index (χ2n) is 5.63. The van der Waals surface area contributed by atoms with Gasteiger partial charge in [-0.2, -0.15) is 9.97 Å². The zero-order valence-corrected chi connectivity index (χ0v) is 15.7. The minimum Gasteiger partial charge on any atom is -0.362 e. The first-order valence-corrected chi connectivity index (χ1v) is 8.25. The molecule has 0 spiro atoms. The van der Waals surface area contributed by atoms with Crippen molar-refractivity contribution < 1.29 is 4.79 Å². The number of nitrogens with zero attached hydrogens (tertiary/aromatic N) is 5. The van der Waals surface area contributed by atoms with E-state index in [0.717, 1.165) is 16.9 Å². The van der Waals surface area contributed by atoms with Crippen molar-refractivity contribution in [2.24, 2.45) is 7.05 Å². The molecule has 3 N–H and O–H groups in total. The van der Waals surface area contributed by atoms with E-state index in [1.807, 2.05) is 42.9 Å². The topological polar surface area (TPSA) is 100 Å². The van der Waals surface area contributed by atoms with Crippen LogP contribution in [0.4, 0.5) is 22.2 Å². The summed E-state index contributed by atoms with van der Waals surface area (Å²) in [4.78, 5) is 26.5. The Kier molecular flexibility index (Phi) is 5.01. The van der Waals surface area contributed by atoms with E-state index in [1.54, 1.807) is 0 Å². The van der Waals surface area contributed by atoms with Crippen LogP contribution in [0.15, 0.2) is 24.4 Å². The first-order valence-electron chi connectivity index (χ1n) is 7.50. The second-order valence-corrected chi connectivity index (χ2v) is 6.41. The van der Waals surface area contributed by atoms with Gasteiger partial charge in [0.15, 0.2) is 0 Å². The molecule has 0 saturated carbocycles. The fourth-order valence-electron chi connectivity index (χ4n) is 2.33. The van der Waals surface area contributed by atoms with Gasteiger partial charge in [0, 0.05) is 33.0 Å². The summed E-state index contributed by atoms with van der Waals surface area (Å²) in [5.74, 6) is 0.983. The van der Waals surface area contributed by atoms with Gasteiger partial charge in [0.1, 0.15) is 21.8 Å². The summed E-state index contributed by atoms with van der Waals surface area (Å²) in [7, 11) is 5.65. The van der Waals surface area contributed by atoms with Gasteiger partial charge in [-0.25, -0.2) is 15.2 Å². The summed E-state index contributed by atoms with van der Waals surface area (Å²) >= 11 is 11.6. The van der Waals surface area contributed by atoms with Gasteiger partial charge in [-0.3, -0.25) is 5.43 Å². The van der Waals surface area contributed by atoms with E-state index in [-0.39, 0.29) is 16.3 Å². The molecule has 3 heterocycles. The number of pyridine rings is 1. The normalized spacial score (nSPS) is 10.7. The molecular weight excluding hydrogens is 379 g/mol. The van der Waals surface area contributed by atoms with Crippen molar-refractivity contribution >= 4 is 57.7 Å². The van der Waals surface area contributed by atoms with E-state index in [1.165, 1.54) is 12.1 Å². The molecule has 2 amide bonds. The predicted octanol–water partition coefficient (Wildman–Crippen LogP) is 2.88. The van der Waals surface area contributed by atoms with E-state index in [2.05, 4.69) is 31.1 Å². The maximum atomic E-state index is 12.0. The smallest absolute Gasteiger partial charge is 0.337 e. The Morgan fingerprint density at radius 1 is 1.15 bits per heavy atom. The maximum Gasteiger partial charge on any atom is 0.337 e. The van der Waals surface area contributed by atoms with Crippen molar-refractivity contribution in [1.82, 2.24) is 24.9 Å². The summed E-state index contributed by atoms with van der Waals surface area (Å²) < 4.78 is 1.87. The van der Waals surface area contributed by atoms with Gasteiger partial charge in [0.2, 0.25) is 5.95 Å². The molecule has 136 valence electrons. The number of urea groups is 1. The molecule has 0 fully saturated rings. The Labute approximate surface area is 159 Å². The highest BCUT2D eigenvalue weighted by atomic mass is 35.5. The number of rotatable bonds is 4. The average molecular weight is 395 g/mol. The Hall–Kier alpha value is -2.78. The van der Waals surface area contributed by atoms with E-state index in [4.69, 9.17) is 23.2 Å². The minimum atomic E-state index is -0.537. The number of aryl methyl sites for hydroxylation is 1. The number of carbonyl (C=O) groups excluding carboxylic acids is 1. The van der Waals surface area contributed by atoms with Crippen LogP contribution in [0.5, 0.6) is 0 Å². The number of fused-ring (bicyclic) bond motifs is 1. The molecule has 0 aliphatic carbocycles. The lowest BCUT2D eigenvalue weighted by Gasteiger charge is -2.15.